The Morgan fingerprint density at radius 1 is 1.00 bits per heavy atom. The van der Waals surface area contributed by atoms with Crippen molar-refractivity contribution in [1.82, 2.24) is 0 Å². The lowest BCUT2D eigenvalue weighted by atomic mass is 10.1. The van der Waals surface area contributed by atoms with E-state index in [0.717, 1.165) is 11.3 Å². The summed E-state index contributed by atoms with van der Waals surface area (Å²) in [5.41, 5.74) is 21.0. The Hall–Kier alpha value is -2.60. The quantitative estimate of drug-likeness (QED) is 0.513. The number of aliphatic hydroxyl groups excluding tert-OH is 1. The van der Waals surface area contributed by atoms with Crippen molar-refractivity contribution in [2.45, 2.75) is 6.54 Å². The molecule has 0 bridgehead atoms. The molecule has 0 aliphatic rings. The SMILES string of the molecule is Nc1ccc(N)c(CNc2ccc(N)cc2OCCO)c1. The third-order valence-electron chi connectivity index (χ3n) is 2.99. The molecular formula is C15H20N4O2. The molecular weight excluding hydrogens is 268 g/mol. The van der Waals surface area contributed by atoms with Crippen molar-refractivity contribution in [3.63, 3.8) is 0 Å². The fourth-order valence-corrected chi connectivity index (χ4v) is 1.93. The van der Waals surface area contributed by atoms with Crippen molar-refractivity contribution < 1.29 is 9.84 Å². The molecule has 0 spiro atoms. The van der Waals surface area contributed by atoms with Crippen LogP contribution < -0.4 is 27.3 Å². The van der Waals surface area contributed by atoms with Crippen LogP contribution in [0.25, 0.3) is 0 Å². The van der Waals surface area contributed by atoms with Crippen LogP contribution in [-0.2, 0) is 6.54 Å². The summed E-state index contributed by atoms with van der Waals surface area (Å²) in [4.78, 5) is 0. The zero-order valence-corrected chi connectivity index (χ0v) is 11.7. The highest BCUT2D eigenvalue weighted by atomic mass is 16.5. The summed E-state index contributed by atoms with van der Waals surface area (Å²) in [6, 6.07) is 10.7. The molecule has 2 rings (SSSR count). The highest BCUT2D eigenvalue weighted by Crippen LogP contribution is 2.28. The molecule has 8 N–H and O–H groups in total. The Labute approximate surface area is 123 Å². The van der Waals surface area contributed by atoms with Gasteiger partial charge in [0.25, 0.3) is 0 Å². The van der Waals surface area contributed by atoms with Crippen molar-refractivity contribution in [2.75, 3.05) is 35.7 Å². The van der Waals surface area contributed by atoms with E-state index in [4.69, 9.17) is 27.0 Å². The van der Waals surface area contributed by atoms with Gasteiger partial charge in [-0.25, -0.2) is 0 Å². The van der Waals surface area contributed by atoms with Crippen LogP contribution in [0.3, 0.4) is 0 Å². The zero-order valence-electron chi connectivity index (χ0n) is 11.7. The van der Waals surface area contributed by atoms with Gasteiger partial charge in [-0.2, -0.15) is 0 Å². The van der Waals surface area contributed by atoms with Crippen LogP contribution in [0.1, 0.15) is 5.56 Å². The van der Waals surface area contributed by atoms with E-state index in [-0.39, 0.29) is 13.2 Å². The Balaban J connectivity index is 2.13. The average molecular weight is 288 g/mol. The first kappa shape index (κ1) is 14.8. The van der Waals surface area contributed by atoms with Gasteiger partial charge < -0.3 is 32.4 Å². The lowest BCUT2D eigenvalue weighted by Gasteiger charge is -2.14. The summed E-state index contributed by atoms with van der Waals surface area (Å²) in [7, 11) is 0. The first-order chi connectivity index (χ1) is 10.1. The Morgan fingerprint density at radius 2 is 1.71 bits per heavy atom. The maximum Gasteiger partial charge on any atom is 0.144 e. The number of benzene rings is 2. The molecule has 0 aliphatic heterocycles. The lowest BCUT2D eigenvalue weighted by molar-refractivity contribution is 0.202. The van der Waals surface area contributed by atoms with Gasteiger partial charge in [-0.1, -0.05) is 0 Å². The van der Waals surface area contributed by atoms with E-state index < -0.39 is 0 Å². The van der Waals surface area contributed by atoms with E-state index in [2.05, 4.69) is 5.32 Å². The Bertz CT molecular complexity index is 617. The van der Waals surface area contributed by atoms with Crippen LogP contribution in [-0.4, -0.2) is 18.3 Å². The second kappa shape index (κ2) is 6.71. The second-order valence-corrected chi connectivity index (χ2v) is 4.64. The summed E-state index contributed by atoms with van der Waals surface area (Å²) in [6.07, 6.45) is 0. The van der Waals surface area contributed by atoms with Crippen LogP contribution in [0.5, 0.6) is 5.75 Å². The minimum absolute atomic E-state index is 0.0591. The van der Waals surface area contributed by atoms with Gasteiger partial charge in [0, 0.05) is 29.7 Å². The first-order valence-electron chi connectivity index (χ1n) is 6.61. The molecule has 0 saturated carbocycles. The molecule has 6 nitrogen and oxygen atoms in total. The predicted molar refractivity (Wildman–Crippen MR) is 86.0 cm³/mol. The summed E-state index contributed by atoms with van der Waals surface area (Å²) in [6.45, 7) is 0.658. The lowest BCUT2D eigenvalue weighted by Crippen LogP contribution is -2.08. The van der Waals surface area contributed by atoms with Crippen LogP contribution in [0.2, 0.25) is 0 Å². The molecule has 0 amide bonds. The van der Waals surface area contributed by atoms with Crippen LogP contribution in [0, 0.1) is 0 Å². The summed E-state index contributed by atoms with van der Waals surface area (Å²) >= 11 is 0. The smallest absolute Gasteiger partial charge is 0.144 e. The number of aliphatic hydroxyl groups is 1. The zero-order chi connectivity index (χ0) is 15.2. The largest absolute Gasteiger partial charge is 0.489 e. The highest BCUT2D eigenvalue weighted by Gasteiger charge is 2.06. The van der Waals surface area contributed by atoms with E-state index in [9.17, 15) is 0 Å². The van der Waals surface area contributed by atoms with Crippen molar-refractivity contribution in [3.05, 3.63) is 42.0 Å². The molecule has 2 aromatic rings. The minimum Gasteiger partial charge on any atom is -0.489 e. The van der Waals surface area contributed by atoms with Crippen molar-refractivity contribution in [2.24, 2.45) is 0 Å². The fourth-order valence-electron chi connectivity index (χ4n) is 1.93. The number of nitrogens with two attached hydrogens (primary N) is 3. The minimum atomic E-state index is -0.0591. The van der Waals surface area contributed by atoms with Gasteiger partial charge >= 0.3 is 0 Å². The molecule has 0 unspecified atom stereocenters. The summed E-state index contributed by atoms with van der Waals surface area (Å²) in [5, 5.41) is 12.1. The number of anilines is 4. The third kappa shape index (κ3) is 3.93. The molecule has 0 aromatic heterocycles. The average Bonchev–Trinajstić information content (AvgIpc) is 2.47. The number of ether oxygens (including phenoxy) is 1. The summed E-state index contributed by atoms with van der Waals surface area (Å²) in [5.74, 6) is 0.589. The van der Waals surface area contributed by atoms with Gasteiger partial charge in [0.1, 0.15) is 12.4 Å². The van der Waals surface area contributed by atoms with Gasteiger partial charge in [-0.05, 0) is 35.9 Å². The fraction of sp³-hybridized carbons (Fsp3) is 0.200. The van der Waals surface area contributed by atoms with E-state index >= 15 is 0 Å². The van der Waals surface area contributed by atoms with Crippen LogP contribution >= 0.6 is 0 Å². The summed E-state index contributed by atoms with van der Waals surface area (Å²) < 4.78 is 5.46. The topological polar surface area (TPSA) is 120 Å². The normalized spacial score (nSPS) is 10.3. The van der Waals surface area contributed by atoms with Crippen molar-refractivity contribution >= 4 is 22.7 Å². The van der Waals surface area contributed by atoms with Gasteiger partial charge in [-0.15, -0.1) is 0 Å². The van der Waals surface area contributed by atoms with E-state index in [1.807, 2.05) is 12.1 Å². The monoisotopic (exact) mass is 288 g/mol. The van der Waals surface area contributed by atoms with Crippen LogP contribution in [0.4, 0.5) is 22.7 Å². The number of nitrogens with one attached hydrogen (secondary N) is 1. The van der Waals surface area contributed by atoms with Crippen LogP contribution in [0.15, 0.2) is 36.4 Å². The molecule has 0 aliphatic carbocycles. The van der Waals surface area contributed by atoms with Gasteiger partial charge in [0.2, 0.25) is 0 Å². The number of nitrogen functional groups attached to an aromatic ring is 3. The van der Waals surface area contributed by atoms with E-state index in [1.165, 1.54) is 0 Å². The molecule has 0 radical (unpaired) electrons. The number of hydrogen-bond donors (Lipinski definition) is 5. The molecule has 0 atom stereocenters. The molecule has 2 aromatic carbocycles. The Morgan fingerprint density at radius 3 is 2.48 bits per heavy atom. The molecule has 0 heterocycles. The van der Waals surface area contributed by atoms with Gasteiger partial charge in [0.15, 0.2) is 0 Å². The second-order valence-electron chi connectivity index (χ2n) is 4.64. The number of rotatable bonds is 6. The maximum atomic E-state index is 8.86. The molecule has 21 heavy (non-hydrogen) atoms. The third-order valence-corrected chi connectivity index (χ3v) is 2.99. The standard InChI is InChI=1S/C15H20N4O2/c16-11-1-3-13(18)10(7-11)9-19-14-4-2-12(17)8-15(14)21-6-5-20/h1-4,7-8,19-20H,5-6,9,16-18H2. The molecule has 0 saturated heterocycles. The predicted octanol–water partition coefficient (Wildman–Crippen LogP) is 1.42. The van der Waals surface area contributed by atoms with Crippen molar-refractivity contribution in [1.29, 1.82) is 0 Å². The highest BCUT2D eigenvalue weighted by molar-refractivity contribution is 5.64. The van der Waals surface area contributed by atoms with Gasteiger partial charge in [-0.3, -0.25) is 0 Å². The molecule has 112 valence electrons. The van der Waals surface area contributed by atoms with Gasteiger partial charge in [0.05, 0.1) is 12.3 Å². The Kier molecular flexibility index (Phi) is 4.73. The van der Waals surface area contributed by atoms with E-state index in [0.29, 0.717) is 29.4 Å². The molecule has 6 heteroatoms. The van der Waals surface area contributed by atoms with E-state index in [1.54, 1.807) is 24.3 Å². The molecule has 0 fully saturated rings. The maximum absolute atomic E-state index is 8.86. The first-order valence-corrected chi connectivity index (χ1v) is 6.61. The number of hydrogen-bond acceptors (Lipinski definition) is 6. The van der Waals surface area contributed by atoms with Crippen molar-refractivity contribution in [3.8, 4) is 5.75 Å².